The fourth-order valence-corrected chi connectivity index (χ4v) is 7.72. The van der Waals surface area contributed by atoms with Crippen molar-refractivity contribution in [2.75, 3.05) is 0 Å². The molecule has 0 bridgehead atoms. The van der Waals surface area contributed by atoms with Crippen molar-refractivity contribution in [2.24, 2.45) is 23.7 Å². The fourth-order valence-electron chi connectivity index (χ4n) is 7.72. The zero-order valence-corrected chi connectivity index (χ0v) is 24.6. The number of carbonyl (C=O) groups excluding carboxylic acids is 3. The third-order valence-electron chi connectivity index (χ3n) is 9.57. The van der Waals surface area contributed by atoms with Crippen LogP contribution >= 0.6 is 0 Å². The van der Waals surface area contributed by atoms with Crippen LogP contribution in [0.3, 0.4) is 0 Å². The maximum atomic E-state index is 13.5. The van der Waals surface area contributed by atoms with Crippen LogP contribution in [0.1, 0.15) is 145 Å². The van der Waals surface area contributed by atoms with E-state index in [-0.39, 0.29) is 46.9 Å². The number of hydrogen-bond acceptors (Lipinski definition) is 3. The third-order valence-corrected chi connectivity index (χ3v) is 9.57. The Morgan fingerprint density at radius 1 is 1.05 bits per heavy atom. The number of ketones is 3. The molecule has 3 rings (SSSR count). The smallest absolute Gasteiger partial charge is 0.163 e. The Labute approximate surface area is 226 Å². The Hall–Kier alpha value is -1.77. The molecular weight excluding hydrogens is 456 g/mol. The summed E-state index contributed by atoms with van der Waals surface area (Å²) in [6.07, 6.45) is 14.6. The van der Waals surface area contributed by atoms with Crippen molar-refractivity contribution >= 4 is 17.3 Å². The zero-order valence-electron chi connectivity index (χ0n) is 24.6. The molecule has 0 aromatic heterocycles. The number of rotatable bonds is 14. The van der Waals surface area contributed by atoms with Gasteiger partial charge in [-0.15, -0.1) is 0 Å². The Morgan fingerprint density at radius 2 is 1.76 bits per heavy atom. The van der Waals surface area contributed by atoms with Crippen molar-refractivity contribution in [3.8, 4) is 0 Å². The van der Waals surface area contributed by atoms with Crippen molar-refractivity contribution in [1.29, 1.82) is 0 Å². The average Bonchev–Trinajstić information content (AvgIpc) is 3.32. The van der Waals surface area contributed by atoms with Gasteiger partial charge in [0.2, 0.25) is 0 Å². The lowest BCUT2D eigenvalue weighted by molar-refractivity contribution is -0.129. The van der Waals surface area contributed by atoms with Gasteiger partial charge in [-0.25, -0.2) is 0 Å². The molecule has 2 aliphatic carbocycles. The van der Waals surface area contributed by atoms with Crippen LogP contribution < -0.4 is 0 Å². The van der Waals surface area contributed by atoms with Crippen LogP contribution in [0.15, 0.2) is 12.1 Å². The van der Waals surface area contributed by atoms with Crippen LogP contribution in [0, 0.1) is 30.6 Å². The van der Waals surface area contributed by atoms with Crippen molar-refractivity contribution in [3.63, 3.8) is 0 Å². The Balaban J connectivity index is 1.72. The van der Waals surface area contributed by atoms with Gasteiger partial charge >= 0.3 is 0 Å². The minimum Gasteiger partial charge on any atom is -0.300 e. The summed E-state index contributed by atoms with van der Waals surface area (Å²) in [5.41, 5.74) is 4.79. The van der Waals surface area contributed by atoms with Gasteiger partial charge in [-0.3, -0.25) is 14.4 Å². The minimum absolute atomic E-state index is 0.0452. The van der Waals surface area contributed by atoms with E-state index in [1.807, 2.05) is 0 Å². The second-order valence-electron chi connectivity index (χ2n) is 13.0. The van der Waals surface area contributed by atoms with Crippen LogP contribution in [-0.2, 0) is 21.4 Å². The van der Waals surface area contributed by atoms with E-state index in [4.69, 9.17) is 0 Å². The summed E-state index contributed by atoms with van der Waals surface area (Å²) in [4.78, 5) is 38.0. The summed E-state index contributed by atoms with van der Waals surface area (Å²) in [6, 6.07) is 4.53. The topological polar surface area (TPSA) is 51.2 Å². The second-order valence-corrected chi connectivity index (χ2v) is 13.0. The van der Waals surface area contributed by atoms with E-state index in [1.165, 1.54) is 68.6 Å². The van der Waals surface area contributed by atoms with E-state index in [0.29, 0.717) is 6.42 Å². The van der Waals surface area contributed by atoms with E-state index < -0.39 is 0 Å². The lowest BCUT2D eigenvalue weighted by atomic mass is 9.70. The molecule has 3 nitrogen and oxygen atoms in total. The van der Waals surface area contributed by atoms with Gasteiger partial charge in [0.1, 0.15) is 11.6 Å². The standard InChI is InChI=1S/C34H52O3/c1-7-12-27(29(8-2)31(36)19-23(3)35)20-26-21-28-16-17-30(24(4)33(28)32(37)22-26)34(5,6)18-11-15-25-13-9-10-14-25/h16-17,25-27,29H,7-15,18-22H2,1-6H3. The Morgan fingerprint density at radius 3 is 2.38 bits per heavy atom. The molecule has 0 heterocycles. The molecule has 3 unspecified atom stereocenters. The van der Waals surface area contributed by atoms with E-state index in [1.54, 1.807) is 0 Å². The molecule has 2 aliphatic rings. The van der Waals surface area contributed by atoms with Gasteiger partial charge in [-0.05, 0) is 79.4 Å². The van der Waals surface area contributed by atoms with Crippen LogP contribution in [0.5, 0.6) is 0 Å². The van der Waals surface area contributed by atoms with Crippen LogP contribution in [0.4, 0.5) is 0 Å². The van der Waals surface area contributed by atoms with E-state index >= 15 is 0 Å². The lowest BCUT2D eigenvalue weighted by Crippen LogP contribution is -2.30. The predicted molar refractivity (Wildman–Crippen MR) is 153 cm³/mol. The van der Waals surface area contributed by atoms with Gasteiger partial charge in [0.05, 0.1) is 6.42 Å². The molecule has 1 saturated carbocycles. The summed E-state index contributed by atoms with van der Waals surface area (Å²) >= 11 is 0. The van der Waals surface area contributed by atoms with E-state index in [9.17, 15) is 14.4 Å². The fraction of sp³-hybridized carbons (Fsp3) is 0.735. The van der Waals surface area contributed by atoms with Gasteiger partial charge in [-0.2, -0.15) is 0 Å². The zero-order chi connectivity index (χ0) is 27.2. The van der Waals surface area contributed by atoms with Crippen molar-refractivity contribution in [3.05, 3.63) is 34.4 Å². The van der Waals surface area contributed by atoms with Crippen LogP contribution in [0.2, 0.25) is 0 Å². The van der Waals surface area contributed by atoms with E-state index in [0.717, 1.165) is 43.6 Å². The van der Waals surface area contributed by atoms with Gasteiger partial charge in [0.15, 0.2) is 5.78 Å². The number of Topliss-reactive ketones (excluding diaryl/α,β-unsaturated/α-hetero) is 3. The minimum atomic E-state index is -0.0745. The maximum absolute atomic E-state index is 13.5. The highest BCUT2D eigenvalue weighted by atomic mass is 16.1. The molecule has 0 radical (unpaired) electrons. The second kappa shape index (κ2) is 13.3. The summed E-state index contributed by atoms with van der Waals surface area (Å²) in [5.74, 6) is 1.71. The number of benzene rings is 1. The van der Waals surface area contributed by atoms with Gasteiger partial charge in [0, 0.05) is 17.9 Å². The average molecular weight is 509 g/mol. The largest absolute Gasteiger partial charge is 0.300 e. The monoisotopic (exact) mass is 508 g/mol. The normalized spacial score (nSPS) is 20.1. The first kappa shape index (κ1) is 29.8. The Kier molecular flexibility index (Phi) is 10.7. The summed E-state index contributed by atoms with van der Waals surface area (Å²) in [6.45, 7) is 12.6. The lowest BCUT2D eigenvalue weighted by Gasteiger charge is -2.34. The number of hydrogen-bond donors (Lipinski definition) is 0. The van der Waals surface area contributed by atoms with Crippen molar-refractivity contribution < 1.29 is 14.4 Å². The summed E-state index contributed by atoms with van der Waals surface area (Å²) in [7, 11) is 0. The molecule has 0 spiro atoms. The third kappa shape index (κ3) is 7.64. The van der Waals surface area contributed by atoms with Gasteiger partial charge < -0.3 is 0 Å². The molecule has 0 amide bonds. The summed E-state index contributed by atoms with van der Waals surface area (Å²) in [5, 5.41) is 0. The van der Waals surface area contributed by atoms with Crippen LogP contribution in [-0.4, -0.2) is 17.3 Å². The molecule has 3 atom stereocenters. The first-order valence-electron chi connectivity index (χ1n) is 15.3. The molecular formula is C34H52O3. The van der Waals surface area contributed by atoms with E-state index in [2.05, 4.69) is 46.8 Å². The van der Waals surface area contributed by atoms with Crippen LogP contribution in [0.25, 0.3) is 0 Å². The first-order valence-corrected chi connectivity index (χ1v) is 15.3. The highest BCUT2D eigenvalue weighted by molar-refractivity contribution is 6.00. The highest BCUT2D eigenvalue weighted by Gasteiger charge is 2.34. The molecule has 1 fully saturated rings. The molecule has 1 aromatic rings. The molecule has 37 heavy (non-hydrogen) atoms. The summed E-state index contributed by atoms with van der Waals surface area (Å²) < 4.78 is 0. The van der Waals surface area contributed by atoms with Crippen molar-refractivity contribution in [1.82, 2.24) is 0 Å². The molecule has 0 aliphatic heterocycles. The number of fused-ring (bicyclic) bond motifs is 1. The highest BCUT2D eigenvalue weighted by Crippen LogP contribution is 2.40. The molecule has 0 N–H and O–H groups in total. The van der Waals surface area contributed by atoms with Gasteiger partial charge in [-0.1, -0.05) is 91.2 Å². The van der Waals surface area contributed by atoms with Gasteiger partial charge in [0.25, 0.3) is 0 Å². The maximum Gasteiger partial charge on any atom is 0.163 e. The molecule has 1 aromatic carbocycles. The predicted octanol–water partition coefficient (Wildman–Crippen LogP) is 8.76. The number of carbonyl (C=O) groups is 3. The molecule has 3 heteroatoms. The van der Waals surface area contributed by atoms with Crippen molar-refractivity contribution in [2.45, 2.75) is 137 Å². The molecule has 206 valence electrons. The first-order chi connectivity index (χ1) is 17.6. The SMILES string of the molecule is CCCC(CC1CC(=O)c2c(ccc(C(C)(C)CCCC3CCCC3)c2C)C1)C(CC)C(=O)CC(C)=O. The Bertz CT molecular complexity index is 950. The molecule has 0 saturated heterocycles. The quantitative estimate of drug-likeness (QED) is 0.236.